The number of hydrogen-bond acceptors (Lipinski definition) is 0. The predicted octanol–water partition coefficient (Wildman–Crippen LogP) is -0.556. The van der Waals surface area contributed by atoms with Gasteiger partial charge in [-0.25, -0.2) is 0 Å². The second-order valence-electron chi connectivity index (χ2n) is 1.37. The molecule has 0 fully saturated rings. The van der Waals surface area contributed by atoms with Crippen molar-refractivity contribution in [1.82, 2.24) is 0 Å². The van der Waals surface area contributed by atoms with Gasteiger partial charge < -0.3 is 25.6 Å². The van der Waals surface area contributed by atoms with E-state index < -0.39 is 0 Å². The summed E-state index contributed by atoms with van der Waals surface area (Å²) in [5, 5.41) is 0. The normalized spacial score (nSPS) is 6.00. The minimum absolute atomic E-state index is 0. The predicted molar refractivity (Wildman–Crippen MR) is 42.6 cm³/mol. The van der Waals surface area contributed by atoms with Crippen molar-refractivity contribution in [3.8, 4) is 0 Å². The van der Waals surface area contributed by atoms with Crippen molar-refractivity contribution < 1.29 is 12.4 Å². The van der Waals surface area contributed by atoms with Gasteiger partial charge >= 0.3 is 23.1 Å². The molecule has 0 saturated heterocycles. The van der Waals surface area contributed by atoms with Gasteiger partial charge in [-0.05, 0) is 0 Å². The van der Waals surface area contributed by atoms with Crippen molar-refractivity contribution in [2.75, 3.05) is 0 Å². The molecule has 0 aliphatic carbocycles. The second kappa shape index (κ2) is 9.08. The van der Waals surface area contributed by atoms with E-state index in [2.05, 4.69) is 0 Å². The first-order valence-electron chi connectivity index (χ1n) is 2.16. The van der Waals surface area contributed by atoms with Crippen molar-refractivity contribution in [2.45, 2.75) is 0 Å². The van der Waals surface area contributed by atoms with Gasteiger partial charge in [-0.3, -0.25) is 0 Å². The first kappa shape index (κ1) is 16.6. The Bertz CT molecular complexity index is 144. The minimum atomic E-state index is 0. The van der Waals surface area contributed by atoms with E-state index in [1.807, 2.05) is 18.2 Å². The average molecular weight is 167 g/mol. The molecule has 10 heavy (non-hydrogen) atoms. The van der Waals surface area contributed by atoms with Crippen LogP contribution in [0.25, 0.3) is 5.73 Å². The zero-order chi connectivity index (χ0) is 5.11. The molecule has 1 rings (SSSR count). The van der Waals surface area contributed by atoms with E-state index >= 15 is 0 Å². The number of hydrogen-bond donors (Lipinski definition) is 0. The van der Waals surface area contributed by atoms with Gasteiger partial charge in [0.05, 0.1) is 0 Å². The molecular formula is C7H9ClMgN-. The molecule has 0 bridgehead atoms. The Balaban J connectivity index is -0.000000163. The maximum atomic E-state index is 7.00. The Morgan fingerprint density at radius 2 is 1.40 bits per heavy atom. The maximum absolute atomic E-state index is 7.00. The SMILES string of the molecule is [CH3-].[Cl-].[Mg+2].[NH-]c1ccccc1. The maximum Gasteiger partial charge on any atom is 2.00 e. The first-order chi connectivity index (χ1) is 3.39. The number of rotatable bonds is 0. The van der Waals surface area contributed by atoms with E-state index in [0.717, 1.165) is 0 Å². The third kappa shape index (κ3) is 6.20. The van der Waals surface area contributed by atoms with Crippen LogP contribution in [0.5, 0.6) is 0 Å². The van der Waals surface area contributed by atoms with Crippen LogP contribution in [0.4, 0.5) is 5.69 Å². The molecule has 1 aromatic rings. The summed E-state index contributed by atoms with van der Waals surface area (Å²) in [6.45, 7) is 0. The van der Waals surface area contributed by atoms with E-state index in [1.165, 1.54) is 0 Å². The fourth-order valence-electron chi connectivity index (χ4n) is 0.438. The first-order valence-corrected chi connectivity index (χ1v) is 2.16. The van der Waals surface area contributed by atoms with Crippen LogP contribution in [0.1, 0.15) is 0 Å². The van der Waals surface area contributed by atoms with Crippen LogP contribution in [0.2, 0.25) is 0 Å². The van der Waals surface area contributed by atoms with Gasteiger partial charge in [0.1, 0.15) is 0 Å². The zero-order valence-electron chi connectivity index (χ0n) is 5.97. The molecule has 0 radical (unpaired) electrons. The van der Waals surface area contributed by atoms with Gasteiger partial charge in [-0.1, -0.05) is 30.3 Å². The smallest absolute Gasteiger partial charge is 1.00 e. The van der Waals surface area contributed by atoms with E-state index in [-0.39, 0.29) is 42.9 Å². The Kier molecular flexibility index (Phi) is 15.0. The zero-order valence-corrected chi connectivity index (χ0v) is 8.14. The summed E-state index contributed by atoms with van der Waals surface area (Å²) in [5.41, 5.74) is 7.57. The van der Waals surface area contributed by atoms with Crippen LogP contribution in [0.15, 0.2) is 30.3 Å². The molecule has 1 nitrogen and oxygen atoms in total. The molecule has 0 saturated carbocycles. The summed E-state index contributed by atoms with van der Waals surface area (Å²) >= 11 is 0. The fraction of sp³-hybridized carbons (Fsp3) is 0. The molecule has 0 unspecified atom stereocenters. The molecule has 0 heterocycles. The van der Waals surface area contributed by atoms with Gasteiger partial charge in [-0.2, -0.15) is 0 Å². The van der Waals surface area contributed by atoms with Gasteiger partial charge in [0.2, 0.25) is 0 Å². The molecule has 52 valence electrons. The third-order valence-corrected chi connectivity index (χ3v) is 0.774. The fourth-order valence-corrected chi connectivity index (χ4v) is 0.438. The Hall–Kier alpha value is 0.0762. The van der Waals surface area contributed by atoms with Crippen molar-refractivity contribution in [1.29, 1.82) is 0 Å². The van der Waals surface area contributed by atoms with E-state index in [9.17, 15) is 0 Å². The van der Waals surface area contributed by atoms with Crippen molar-refractivity contribution in [3.05, 3.63) is 43.5 Å². The summed E-state index contributed by atoms with van der Waals surface area (Å²) < 4.78 is 0. The molecule has 0 amide bonds. The average Bonchev–Trinajstić information content (AvgIpc) is 1.69. The summed E-state index contributed by atoms with van der Waals surface area (Å²) in [6, 6.07) is 9.10. The Labute approximate surface area is 84.6 Å². The Morgan fingerprint density at radius 3 is 1.60 bits per heavy atom. The molecular weight excluding hydrogens is 158 g/mol. The quantitative estimate of drug-likeness (QED) is 0.365. The topological polar surface area (TPSA) is 23.8 Å². The van der Waals surface area contributed by atoms with Crippen molar-refractivity contribution in [3.63, 3.8) is 0 Å². The minimum Gasteiger partial charge on any atom is -1.00 e. The standard InChI is InChI=1S/C6H6N.CH3.ClH.Mg/c7-6-4-2-1-3-5-6;;;/h1-5,7H;1H3;1H;/q2*-1;;+2/p-1. The van der Waals surface area contributed by atoms with Crippen LogP contribution in [-0.2, 0) is 0 Å². The molecule has 0 aliphatic rings. The second-order valence-corrected chi connectivity index (χ2v) is 1.37. The molecule has 1 aromatic carbocycles. The number of nitrogens with one attached hydrogen (secondary N) is 1. The summed E-state index contributed by atoms with van der Waals surface area (Å²) in [5.74, 6) is 0. The number of halogens is 1. The van der Waals surface area contributed by atoms with Gasteiger partial charge in [0.15, 0.2) is 0 Å². The largest absolute Gasteiger partial charge is 2.00 e. The van der Waals surface area contributed by atoms with Crippen LogP contribution >= 0.6 is 0 Å². The monoisotopic (exact) mass is 166 g/mol. The molecule has 3 heteroatoms. The molecule has 0 aliphatic heterocycles. The third-order valence-electron chi connectivity index (χ3n) is 0.774. The summed E-state index contributed by atoms with van der Waals surface area (Å²) in [6.07, 6.45) is 0. The molecule has 0 aromatic heterocycles. The van der Waals surface area contributed by atoms with Gasteiger partial charge in [0.25, 0.3) is 0 Å². The molecule has 1 N–H and O–H groups in total. The van der Waals surface area contributed by atoms with Crippen LogP contribution in [-0.4, -0.2) is 23.1 Å². The van der Waals surface area contributed by atoms with Crippen LogP contribution < -0.4 is 12.4 Å². The molecule has 0 spiro atoms. The van der Waals surface area contributed by atoms with E-state index in [0.29, 0.717) is 5.69 Å². The number of benzene rings is 1. The van der Waals surface area contributed by atoms with Crippen LogP contribution in [0.3, 0.4) is 0 Å². The van der Waals surface area contributed by atoms with E-state index in [1.54, 1.807) is 12.1 Å². The van der Waals surface area contributed by atoms with Crippen molar-refractivity contribution >= 4 is 28.7 Å². The summed E-state index contributed by atoms with van der Waals surface area (Å²) in [7, 11) is 0. The molecule has 0 atom stereocenters. The Morgan fingerprint density at radius 1 is 1.00 bits per heavy atom. The van der Waals surface area contributed by atoms with E-state index in [4.69, 9.17) is 5.73 Å². The van der Waals surface area contributed by atoms with Gasteiger partial charge in [-0.15, -0.1) is 5.69 Å². The summed E-state index contributed by atoms with van der Waals surface area (Å²) in [4.78, 5) is 0. The van der Waals surface area contributed by atoms with Crippen molar-refractivity contribution in [2.24, 2.45) is 0 Å². The van der Waals surface area contributed by atoms with Gasteiger partial charge in [0, 0.05) is 0 Å². The van der Waals surface area contributed by atoms with Crippen LogP contribution in [0, 0.1) is 7.43 Å².